The maximum Gasteiger partial charge on any atom is 0.223 e. The molecule has 0 bridgehead atoms. The Morgan fingerprint density at radius 3 is 2.56 bits per heavy atom. The molecule has 2 amide bonds. The smallest absolute Gasteiger partial charge is 0.223 e. The van der Waals surface area contributed by atoms with Gasteiger partial charge in [-0.25, -0.2) is 0 Å². The molecule has 0 aromatic carbocycles. The lowest BCUT2D eigenvalue weighted by Crippen LogP contribution is -2.49. The normalized spacial score (nSPS) is 27.2. The van der Waals surface area contributed by atoms with Crippen LogP contribution in [0.5, 0.6) is 0 Å². The molecule has 1 atom stereocenters. The molecule has 2 aliphatic rings. The Bertz CT molecular complexity index is 262. The molecule has 1 saturated heterocycles. The molecule has 1 saturated carbocycles. The molecule has 2 N–H and O–H groups in total. The van der Waals surface area contributed by atoms with E-state index in [1.165, 1.54) is 19.3 Å². The average Bonchev–Trinajstić information content (AvgIpc) is 2.33. The number of piperidine rings is 1. The van der Waals surface area contributed by atoms with E-state index in [0.29, 0.717) is 13.0 Å². The number of carbonyl (C=O) groups excluding carboxylic acids is 2. The molecule has 1 aliphatic heterocycles. The molecule has 2 fully saturated rings. The third kappa shape index (κ3) is 2.97. The Morgan fingerprint density at radius 2 is 1.94 bits per heavy atom. The third-order valence-corrected chi connectivity index (χ3v) is 3.59. The summed E-state index contributed by atoms with van der Waals surface area (Å²) < 4.78 is 0. The van der Waals surface area contributed by atoms with Gasteiger partial charge in [-0.1, -0.05) is 19.3 Å². The van der Waals surface area contributed by atoms with E-state index in [1.807, 2.05) is 0 Å². The van der Waals surface area contributed by atoms with Crippen molar-refractivity contribution < 1.29 is 9.59 Å². The van der Waals surface area contributed by atoms with Crippen LogP contribution in [0.25, 0.3) is 0 Å². The summed E-state index contributed by atoms with van der Waals surface area (Å²) in [5.41, 5.74) is 0. The molecule has 0 radical (unpaired) electrons. The second-order valence-corrected chi connectivity index (χ2v) is 4.88. The van der Waals surface area contributed by atoms with Gasteiger partial charge < -0.3 is 10.6 Å². The first-order chi connectivity index (χ1) is 7.75. The third-order valence-electron chi connectivity index (χ3n) is 3.59. The van der Waals surface area contributed by atoms with Gasteiger partial charge in [0.1, 0.15) is 0 Å². The molecule has 2 rings (SSSR count). The first-order valence-corrected chi connectivity index (χ1v) is 6.33. The molecular weight excluding hydrogens is 204 g/mol. The molecular formula is C12H20N2O2. The molecule has 4 heteroatoms. The zero-order chi connectivity index (χ0) is 11.4. The number of carbonyl (C=O) groups is 2. The van der Waals surface area contributed by atoms with Crippen LogP contribution < -0.4 is 10.6 Å². The molecule has 1 heterocycles. The quantitative estimate of drug-likeness (QED) is 0.734. The fourth-order valence-corrected chi connectivity index (χ4v) is 2.54. The van der Waals surface area contributed by atoms with Crippen molar-refractivity contribution in [2.24, 2.45) is 5.92 Å². The van der Waals surface area contributed by atoms with Crippen molar-refractivity contribution in [2.45, 2.75) is 51.0 Å². The van der Waals surface area contributed by atoms with E-state index < -0.39 is 0 Å². The van der Waals surface area contributed by atoms with Gasteiger partial charge in [0, 0.05) is 24.9 Å². The van der Waals surface area contributed by atoms with Gasteiger partial charge in [-0.2, -0.15) is 0 Å². The van der Waals surface area contributed by atoms with Crippen LogP contribution in [-0.2, 0) is 9.59 Å². The van der Waals surface area contributed by atoms with Gasteiger partial charge in [0.05, 0.1) is 0 Å². The summed E-state index contributed by atoms with van der Waals surface area (Å²) in [5.74, 6) is 0.510. The topological polar surface area (TPSA) is 58.2 Å². The highest BCUT2D eigenvalue weighted by Gasteiger charge is 2.25. The zero-order valence-electron chi connectivity index (χ0n) is 9.63. The molecule has 0 spiro atoms. The summed E-state index contributed by atoms with van der Waals surface area (Å²) >= 11 is 0. The lowest BCUT2D eigenvalue weighted by Gasteiger charge is -2.27. The lowest BCUT2D eigenvalue weighted by molar-refractivity contribution is -0.128. The van der Waals surface area contributed by atoms with Gasteiger partial charge in [-0.3, -0.25) is 9.59 Å². The molecule has 90 valence electrons. The summed E-state index contributed by atoms with van der Waals surface area (Å²) in [6.07, 6.45) is 7.01. The Balaban J connectivity index is 1.75. The number of hydrogen-bond acceptors (Lipinski definition) is 2. The second-order valence-electron chi connectivity index (χ2n) is 4.88. The summed E-state index contributed by atoms with van der Waals surface area (Å²) in [4.78, 5) is 22.9. The Morgan fingerprint density at radius 1 is 1.19 bits per heavy atom. The minimum absolute atomic E-state index is 0.100. The van der Waals surface area contributed by atoms with Crippen LogP contribution >= 0.6 is 0 Å². The predicted octanol–water partition coefficient (Wildman–Crippen LogP) is 0.961. The van der Waals surface area contributed by atoms with Crippen molar-refractivity contribution in [1.29, 1.82) is 0 Å². The number of rotatable bonds is 2. The summed E-state index contributed by atoms with van der Waals surface area (Å²) in [5, 5.41) is 5.84. The highest BCUT2D eigenvalue weighted by atomic mass is 16.2. The monoisotopic (exact) mass is 224 g/mol. The Hall–Kier alpha value is -1.06. The molecule has 4 nitrogen and oxygen atoms in total. The van der Waals surface area contributed by atoms with E-state index in [1.54, 1.807) is 0 Å². The van der Waals surface area contributed by atoms with Gasteiger partial charge in [-0.15, -0.1) is 0 Å². The van der Waals surface area contributed by atoms with Crippen molar-refractivity contribution in [2.75, 3.05) is 6.54 Å². The van der Waals surface area contributed by atoms with Crippen molar-refractivity contribution in [3.63, 3.8) is 0 Å². The first-order valence-electron chi connectivity index (χ1n) is 6.33. The van der Waals surface area contributed by atoms with Crippen LogP contribution in [0.3, 0.4) is 0 Å². The fourth-order valence-electron chi connectivity index (χ4n) is 2.54. The molecule has 16 heavy (non-hydrogen) atoms. The minimum atomic E-state index is 0.100. The highest BCUT2D eigenvalue weighted by Crippen LogP contribution is 2.23. The zero-order valence-corrected chi connectivity index (χ0v) is 9.63. The van der Waals surface area contributed by atoms with Crippen LogP contribution in [0.15, 0.2) is 0 Å². The maximum absolute atomic E-state index is 11.9. The SMILES string of the molecule is O=C1CCC(NC(=O)C2CCCCC2)CN1. The second kappa shape index (κ2) is 5.32. The highest BCUT2D eigenvalue weighted by molar-refractivity contribution is 5.80. The van der Waals surface area contributed by atoms with Crippen molar-refractivity contribution >= 4 is 11.8 Å². The van der Waals surface area contributed by atoms with E-state index in [4.69, 9.17) is 0 Å². The number of amides is 2. The van der Waals surface area contributed by atoms with Gasteiger partial charge in [0.2, 0.25) is 11.8 Å². The minimum Gasteiger partial charge on any atom is -0.354 e. The standard InChI is InChI=1S/C12H20N2O2/c15-11-7-6-10(8-13-11)14-12(16)9-4-2-1-3-5-9/h9-10H,1-8H2,(H,13,15)(H,14,16). The predicted molar refractivity (Wildman–Crippen MR) is 60.7 cm³/mol. The van der Waals surface area contributed by atoms with Crippen LogP contribution in [-0.4, -0.2) is 24.4 Å². The number of hydrogen-bond donors (Lipinski definition) is 2. The fraction of sp³-hybridized carbons (Fsp3) is 0.833. The van der Waals surface area contributed by atoms with Gasteiger partial charge >= 0.3 is 0 Å². The van der Waals surface area contributed by atoms with Gasteiger partial charge in [0.25, 0.3) is 0 Å². The van der Waals surface area contributed by atoms with Crippen LogP contribution in [0.2, 0.25) is 0 Å². The van der Waals surface area contributed by atoms with E-state index in [2.05, 4.69) is 10.6 Å². The lowest BCUT2D eigenvalue weighted by atomic mass is 9.88. The van der Waals surface area contributed by atoms with Crippen LogP contribution in [0, 0.1) is 5.92 Å². The van der Waals surface area contributed by atoms with Crippen molar-refractivity contribution in [3.8, 4) is 0 Å². The van der Waals surface area contributed by atoms with Crippen molar-refractivity contribution in [3.05, 3.63) is 0 Å². The largest absolute Gasteiger partial charge is 0.354 e. The molecule has 1 aliphatic carbocycles. The average molecular weight is 224 g/mol. The van der Waals surface area contributed by atoms with Gasteiger partial charge in [0.15, 0.2) is 0 Å². The van der Waals surface area contributed by atoms with Crippen LogP contribution in [0.4, 0.5) is 0 Å². The molecule has 0 aromatic rings. The first kappa shape index (κ1) is 11.4. The summed E-state index contributed by atoms with van der Waals surface area (Å²) in [7, 11) is 0. The Labute approximate surface area is 96.2 Å². The van der Waals surface area contributed by atoms with Gasteiger partial charge in [-0.05, 0) is 19.3 Å². The van der Waals surface area contributed by atoms with Crippen LogP contribution in [0.1, 0.15) is 44.9 Å². The maximum atomic E-state index is 11.9. The van der Waals surface area contributed by atoms with Crippen molar-refractivity contribution in [1.82, 2.24) is 10.6 Å². The Kier molecular flexibility index (Phi) is 3.80. The van der Waals surface area contributed by atoms with E-state index in [-0.39, 0.29) is 23.8 Å². The van der Waals surface area contributed by atoms with E-state index in [0.717, 1.165) is 19.3 Å². The molecule has 1 unspecified atom stereocenters. The molecule has 0 aromatic heterocycles. The van der Waals surface area contributed by atoms with E-state index in [9.17, 15) is 9.59 Å². The summed E-state index contributed by atoms with van der Waals surface area (Å²) in [6, 6.07) is 0.145. The number of nitrogens with one attached hydrogen (secondary N) is 2. The summed E-state index contributed by atoms with van der Waals surface area (Å²) in [6.45, 7) is 0.595. The van der Waals surface area contributed by atoms with E-state index >= 15 is 0 Å².